The number of hydrogen-bond donors (Lipinski definition) is 0. The minimum Gasteiger partial charge on any atom is -1.00 e. The molecule has 1 aliphatic heterocycles. The van der Waals surface area contributed by atoms with E-state index in [2.05, 4.69) is 74.6 Å². The molecule has 2 aromatic carbocycles. The zero-order chi connectivity index (χ0) is 15.6. The predicted octanol–water partition coefficient (Wildman–Crippen LogP) is 1.02. The number of fused-ring (bicyclic) bond motifs is 2. The molecule has 1 aliphatic rings. The summed E-state index contributed by atoms with van der Waals surface area (Å²) in [5.41, 5.74) is 5.75. The van der Waals surface area contributed by atoms with E-state index in [1.165, 1.54) is 35.5 Å². The molecule has 0 saturated carbocycles. The van der Waals surface area contributed by atoms with Gasteiger partial charge < -0.3 is 33.4 Å². The SMILES string of the molecule is C[N+](C)(C)CCCN1c2ccccc2CCc2ccccc21.[I-]. The highest BCUT2D eigenvalue weighted by atomic mass is 127. The van der Waals surface area contributed by atoms with Crippen LogP contribution in [-0.2, 0) is 12.8 Å². The maximum absolute atomic E-state index is 2.54. The molecule has 3 heteroatoms. The minimum atomic E-state index is 0. The third-order valence-electron chi connectivity index (χ3n) is 4.44. The highest BCUT2D eigenvalue weighted by Crippen LogP contribution is 2.35. The Morgan fingerprint density at radius 3 is 1.78 bits per heavy atom. The summed E-state index contributed by atoms with van der Waals surface area (Å²) < 4.78 is 1.02. The fourth-order valence-corrected chi connectivity index (χ4v) is 3.31. The Bertz CT molecular complexity index is 599. The molecule has 0 radical (unpaired) electrons. The van der Waals surface area contributed by atoms with E-state index in [-0.39, 0.29) is 24.0 Å². The Morgan fingerprint density at radius 1 is 0.826 bits per heavy atom. The smallest absolute Gasteiger partial charge is 0.0797 e. The monoisotopic (exact) mass is 422 g/mol. The number of anilines is 2. The van der Waals surface area contributed by atoms with E-state index in [0.717, 1.165) is 23.9 Å². The minimum absolute atomic E-state index is 0. The van der Waals surface area contributed by atoms with Crippen molar-refractivity contribution in [3.8, 4) is 0 Å². The first-order valence-electron chi connectivity index (χ1n) is 8.28. The van der Waals surface area contributed by atoms with Gasteiger partial charge in [0, 0.05) is 24.3 Å². The maximum atomic E-state index is 2.54. The molecule has 0 fully saturated rings. The number of nitrogens with zero attached hydrogens (tertiary/aromatic N) is 2. The van der Waals surface area contributed by atoms with Crippen LogP contribution in [0.5, 0.6) is 0 Å². The fraction of sp³-hybridized carbons (Fsp3) is 0.400. The zero-order valence-electron chi connectivity index (χ0n) is 14.4. The summed E-state index contributed by atoms with van der Waals surface area (Å²) in [7, 11) is 6.80. The lowest BCUT2D eigenvalue weighted by molar-refractivity contribution is -0.870. The normalized spacial score (nSPS) is 13.6. The second kappa shape index (κ2) is 7.67. The molecule has 2 aromatic rings. The number of hydrogen-bond acceptors (Lipinski definition) is 1. The fourth-order valence-electron chi connectivity index (χ4n) is 3.31. The second-order valence-electron chi connectivity index (χ2n) is 7.28. The van der Waals surface area contributed by atoms with Crippen molar-refractivity contribution in [3.63, 3.8) is 0 Å². The molecular weight excluding hydrogens is 395 g/mol. The van der Waals surface area contributed by atoms with Crippen molar-refractivity contribution in [2.24, 2.45) is 0 Å². The first kappa shape index (κ1) is 18.3. The lowest BCUT2D eigenvalue weighted by Gasteiger charge is -2.29. The van der Waals surface area contributed by atoms with Crippen LogP contribution in [0, 0.1) is 0 Å². The summed E-state index contributed by atoms with van der Waals surface area (Å²) >= 11 is 0. The molecule has 0 saturated heterocycles. The molecule has 3 rings (SSSR count). The van der Waals surface area contributed by atoms with E-state index in [0.29, 0.717) is 0 Å². The van der Waals surface area contributed by atoms with Gasteiger partial charge in [-0.1, -0.05) is 36.4 Å². The number of para-hydroxylation sites is 2. The topological polar surface area (TPSA) is 3.24 Å². The summed E-state index contributed by atoms with van der Waals surface area (Å²) in [4.78, 5) is 2.54. The van der Waals surface area contributed by atoms with Crippen molar-refractivity contribution in [2.45, 2.75) is 19.3 Å². The number of quaternary nitrogens is 1. The van der Waals surface area contributed by atoms with Crippen LogP contribution in [0.3, 0.4) is 0 Å². The molecule has 0 bridgehead atoms. The van der Waals surface area contributed by atoms with Gasteiger partial charge in [0.05, 0.1) is 27.7 Å². The molecule has 23 heavy (non-hydrogen) atoms. The second-order valence-corrected chi connectivity index (χ2v) is 7.28. The van der Waals surface area contributed by atoms with E-state index in [9.17, 15) is 0 Å². The molecular formula is C20H27IN2. The summed E-state index contributed by atoms with van der Waals surface area (Å²) in [5, 5.41) is 0. The summed E-state index contributed by atoms with van der Waals surface area (Å²) in [6.45, 7) is 2.28. The molecule has 0 aromatic heterocycles. The maximum Gasteiger partial charge on any atom is 0.0797 e. The summed E-state index contributed by atoms with van der Waals surface area (Å²) in [5.74, 6) is 0. The lowest BCUT2D eigenvalue weighted by Crippen LogP contribution is -3.00. The Kier molecular flexibility index (Phi) is 6.09. The molecule has 0 amide bonds. The Balaban J connectivity index is 0.00000192. The molecule has 0 atom stereocenters. The first-order chi connectivity index (χ1) is 10.5. The van der Waals surface area contributed by atoms with Crippen LogP contribution < -0.4 is 28.9 Å². The van der Waals surface area contributed by atoms with E-state index in [1.807, 2.05) is 0 Å². The molecule has 0 spiro atoms. The van der Waals surface area contributed by atoms with E-state index in [1.54, 1.807) is 0 Å². The van der Waals surface area contributed by atoms with Crippen molar-refractivity contribution in [3.05, 3.63) is 59.7 Å². The van der Waals surface area contributed by atoms with Crippen LogP contribution in [0.15, 0.2) is 48.5 Å². The Labute approximate surface area is 157 Å². The van der Waals surface area contributed by atoms with Gasteiger partial charge in [0.1, 0.15) is 0 Å². The first-order valence-corrected chi connectivity index (χ1v) is 8.28. The number of aryl methyl sites for hydroxylation is 2. The number of benzene rings is 2. The van der Waals surface area contributed by atoms with Crippen LogP contribution >= 0.6 is 0 Å². The molecule has 124 valence electrons. The van der Waals surface area contributed by atoms with Crippen molar-refractivity contribution in [1.29, 1.82) is 0 Å². The van der Waals surface area contributed by atoms with Gasteiger partial charge in [0.15, 0.2) is 0 Å². The van der Waals surface area contributed by atoms with Crippen LogP contribution in [0.1, 0.15) is 17.5 Å². The Morgan fingerprint density at radius 2 is 1.30 bits per heavy atom. The van der Waals surface area contributed by atoms with Crippen LogP contribution in [0.2, 0.25) is 0 Å². The average Bonchev–Trinajstić information content (AvgIpc) is 2.64. The Hall–Kier alpha value is -1.07. The highest BCUT2D eigenvalue weighted by Gasteiger charge is 2.20. The van der Waals surface area contributed by atoms with Crippen LogP contribution in [0.25, 0.3) is 0 Å². The lowest BCUT2D eigenvalue weighted by atomic mass is 10.0. The van der Waals surface area contributed by atoms with Gasteiger partial charge in [-0.15, -0.1) is 0 Å². The quantitative estimate of drug-likeness (QED) is 0.526. The van der Waals surface area contributed by atoms with Gasteiger partial charge in [0.2, 0.25) is 0 Å². The van der Waals surface area contributed by atoms with Gasteiger partial charge in [0.25, 0.3) is 0 Å². The molecule has 0 aliphatic carbocycles. The zero-order valence-corrected chi connectivity index (χ0v) is 16.6. The predicted molar refractivity (Wildman–Crippen MR) is 94.8 cm³/mol. The van der Waals surface area contributed by atoms with Gasteiger partial charge in [-0.05, 0) is 36.1 Å². The van der Waals surface area contributed by atoms with E-state index in [4.69, 9.17) is 0 Å². The average molecular weight is 422 g/mol. The van der Waals surface area contributed by atoms with Gasteiger partial charge in [-0.3, -0.25) is 0 Å². The molecule has 0 N–H and O–H groups in total. The van der Waals surface area contributed by atoms with E-state index < -0.39 is 0 Å². The van der Waals surface area contributed by atoms with Crippen molar-refractivity contribution < 1.29 is 28.5 Å². The summed E-state index contributed by atoms with van der Waals surface area (Å²) in [6.07, 6.45) is 3.48. The van der Waals surface area contributed by atoms with Crippen LogP contribution in [-0.4, -0.2) is 38.7 Å². The van der Waals surface area contributed by atoms with Crippen LogP contribution in [0.4, 0.5) is 11.4 Å². The number of rotatable bonds is 4. The van der Waals surface area contributed by atoms with Gasteiger partial charge in [-0.25, -0.2) is 0 Å². The molecule has 1 heterocycles. The van der Waals surface area contributed by atoms with Crippen molar-refractivity contribution in [2.75, 3.05) is 39.1 Å². The largest absolute Gasteiger partial charge is 1.00 e. The standard InChI is InChI=1S/C20H27N2.HI/c1-22(2,3)16-8-15-21-19-11-6-4-9-17(19)13-14-18-10-5-7-12-20(18)21;/h4-7,9-12H,8,13-16H2,1-3H3;1H/q+1;/p-1. The third kappa shape index (κ3) is 4.48. The summed E-state index contributed by atoms with van der Waals surface area (Å²) in [6, 6.07) is 17.8. The van der Waals surface area contributed by atoms with E-state index >= 15 is 0 Å². The van der Waals surface area contributed by atoms with Gasteiger partial charge >= 0.3 is 0 Å². The van der Waals surface area contributed by atoms with Crippen molar-refractivity contribution in [1.82, 2.24) is 0 Å². The number of halogens is 1. The molecule has 2 nitrogen and oxygen atoms in total. The van der Waals surface area contributed by atoms with Crippen molar-refractivity contribution >= 4 is 11.4 Å². The molecule has 0 unspecified atom stereocenters. The highest BCUT2D eigenvalue weighted by molar-refractivity contribution is 5.71. The third-order valence-corrected chi connectivity index (χ3v) is 4.44. The van der Waals surface area contributed by atoms with Gasteiger partial charge in [-0.2, -0.15) is 0 Å².